The van der Waals surface area contributed by atoms with Gasteiger partial charge in [0, 0.05) is 5.56 Å². The highest BCUT2D eigenvalue weighted by Gasteiger charge is 2.08. The van der Waals surface area contributed by atoms with Crippen LogP contribution in [0.5, 0.6) is 0 Å². The van der Waals surface area contributed by atoms with E-state index in [-0.39, 0.29) is 0 Å². The van der Waals surface area contributed by atoms with Crippen molar-refractivity contribution in [2.45, 2.75) is 26.3 Å². The van der Waals surface area contributed by atoms with Crippen molar-refractivity contribution in [1.82, 2.24) is 9.88 Å². The van der Waals surface area contributed by atoms with Crippen molar-refractivity contribution in [1.29, 1.82) is 0 Å². The van der Waals surface area contributed by atoms with Crippen LogP contribution in [0, 0.1) is 0 Å². The summed E-state index contributed by atoms with van der Waals surface area (Å²) < 4.78 is 5.77. The number of oxazole rings is 1. The average Bonchev–Trinajstić information content (AvgIpc) is 2.86. The number of aromatic nitrogens is 1. The molecule has 0 unspecified atom stereocenters. The largest absolute Gasteiger partial charge is 0.439 e. The van der Waals surface area contributed by atoms with Crippen molar-refractivity contribution >= 4 is 0 Å². The van der Waals surface area contributed by atoms with Gasteiger partial charge in [0.2, 0.25) is 5.89 Å². The summed E-state index contributed by atoms with van der Waals surface area (Å²) in [6.45, 7) is 4.05. The van der Waals surface area contributed by atoms with E-state index >= 15 is 0 Å². The van der Waals surface area contributed by atoms with Crippen molar-refractivity contribution in [3.05, 3.63) is 42.4 Å². The van der Waals surface area contributed by atoms with Gasteiger partial charge >= 0.3 is 0 Å². The van der Waals surface area contributed by atoms with Crippen molar-refractivity contribution in [3.63, 3.8) is 0 Å². The number of benzene rings is 1. The van der Waals surface area contributed by atoms with E-state index in [4.69, 9.17) is 4.42 Å². The SMILES string of the molecule is CCCCN(C)Cc1ncc(-c2ccccc2)o1. The maximum absolute atomic E-state index is 5.77. The smallest absolute Gasteiger partial charge is 0.209 e. The van der Waals surface area contributed by atoms with Crippen LogP contribution >= 0.6 is 0 Å². The number of rotatable bonds is 6. The number of hydrogen-bond donors (Lipinski definition) is 0. The van der Waals surface area contributed by atoms with E-state index in [0.717, 1.165) is 30.3 Å². The second-order valence-electron chi connectivity index (χ2n) is 4.58. The van der Waals surface area contributed by atoms with Gasteiger partial charge < -0.3 is 4.42 Å². The van der Waals surface area contributed by atoms with Crippen LogP contribution in [0.25, 0.3) is 11.3 Å². The zero-order valence-corrected chi connectivity index (χ0v) is 11.1. The molecule has 0 aliphatic heterocycles. The third-order valence-corrected chi connectivity index (χ3v) is 2.91. The highest BCUT2D eigenvalue weighted by atomic mass is 16.4. The van der Waals surface area contributed by atoms with Crippen LogP contribution in [0.15, 0.2) is 40.9 Å². The molecule has 1 aromatic heterocycles. The summed E-state index contributed by atoms with van der Waals surface area (Å²) in [6, 6.07) is 10.1. The van der Waals surface area contributed by atoms with Crippen LogP contribution in [0.3, 0.4) is 0 Å². The quantitative estimate of drug-likeness (QED) is 0.778. The third kappa shape index (κ3) is 3.44. The first-order chi connectivity index (χ1) is 8.79. The molecule has 0 radical (unpaired) electrons. The maximum Gasteiger partial charge on any atom is 0.209 e. The van der Waals surface area contributed by atoms with E-state index in [1.165, 1.54) is 12.8 Å². The molecule has 0 fully saturated rings. The Balaban J connectivity index is 1.98. The summed E-state index contributed by atoms with van der Waals surface area (Å²) in [4.78, 5) is 6.57. The molecule has 0 bridgehead atoms. The summed E-state index contributed by atoms with van der Waals surface area (Å²) in [5.74, 6) is 1.63. The van der Waals surface area contributed by atoms with E-state index < -0.39 is 0 Å². The summed E-state index contributed by atoms with van der Waals surface area (Å²) in [7, 11) is 2.10. The fourth-order valence-corrected chi connectivity index (χ4v) is 1.86. The first kappa shape index (κ1) is 12.8. The van der Waals surface area contributed by atoms with Crippen LogP contribution in [-0.4, -0.2) is 23.5 Å². The van der Waals surface area contributed by atoms with Gasteiger partial charge in [-0.05, 0) is 20.0 Å². The molecular formula is C15H20N2O. The molecule has 0 aliphatic rings. The molecule has 3 nitrogen and oxygen atoms in total. The molecule has 96 valence electrons. The van der Waals surface area contributed by atoms with Gasteiger partial charge in [-0.25, -0.2) is 4.98 Å². The van der Waals surface area contributed by atoms with Crippen LogP contribution < -0.4 is 0 Å². The van der Waals surface area contributed by atoms with Crippen molar-refractivity contribution in [2.24, 2.45) is 0 Å². The van der Waals surface area contributed by atoms with Crippen LogP contribution in [0.1, 0.15) is 25.7 Å². The number of nitrogens with zero attached hydrogens (tertiary/aromatic N) is 2. The summed E-state index contributed by atoms with van der Waals surface area (Å²) in [5.41, 5.74) is 1.08. The zero-order valence-electron chi connectivity index (χ0n) is 11.1. The fourth-order valence-electron chi connectivity index (χ4n) is 1.86. The monoisotopic (exact) mass is 244 g/mol. The molecule has 1 heterocycles. The Morgan fingerprint density at radius 3 is 2.72 bits per heavy atom. The maximum atomic E-state index is 5.77. The minimum atomic E-state index is 0.771. The van der Waals surface area contributed by atoms with Crippen LogP contribution in [0.4, 0.5) is 0 Å². The zero-order chi connectivity index (χ0) is 12.8. The van der Waals surface area contributed by atoms with Gasteiger partial charge in [0.1, 0.15) is 0 Å². The minimum absolute atomic E-state index is 0.771. The lowest BCUT2D eigenvalue weighted by Crippen LogP contribution is -2.18. The molecule has 0 saturated heterocycles. The topological polar surface area (TPSA) is 29.3 Å². The van der Waals surface area contributed by atoms with Gasteiger partial charge in [0.25, 0.3) is 0 Å². The van der Waals surface area contributed by atoms with E-state index in [2.05, 4.69) is 23.9 Å². The second kappa shape index (κ2) is 6.36. The second-order valence-corrected chi connectivity index (χ2v) is 4.58. The Kier molecular flexibility index (Phi) is 4.53. The van der Waals surface area contributed by atoms with E-state index in [0.29, 0.717) is 0 Å². The molecule has 3 heteroatoms. The first-order valence-corrected chi connectivity index (χ1v) is 6.48. The van der Waals surface area contributed by atoms with E-state index in [1.54, 1.807) is 6.20 Å². The average molecular weight is 244 g/mol. The molecule has 0 N–H and O–H groups in total. The van der Waals surface area contributed by atoms with Crippen LogP contribution in [-0.2, 0) is 6.54 Å². The lowest BCUT2D eigenvalue weighted by Gasteiger charge is -2.13. The summed E-state index contributed by atoms with van der Waals surface area (Å²) >= 11 is 0. The molecule has 1 aromatic carbocycles. The van der Waals surface area contributed by atoms with E-state index in [1.807, 2.05) is 30.3 Å². The van der Waals surface area contributed by atoms with Crippen LogP contribution in [0.2, 0.25) is 0 Å². The van der Waals surface area contributed by atoms with Gasteiger partial charge in [-0.3, -0.25) is 4.90 Å². The van der Waals surface area contributed by atoms with Crippen molar-refractivity contribution in [2.75, 3.05) is 13.6 Å². The Morgan fingerprint density at radius 1 is 1.22 bits per heavy atom. The highest BCUT2D eigenvalue weighted by Crippen LogP contribution is 2.20. The molecule has 2 aromatic rings. The Bertz CT molecular complexity index is 464. The number of hydrogen-bond acceptors (Lipinski definition) is 3. The minimum Gasteiger partial charge on any atom is -0.439 e. The first-order valence-electron chi connectivity index (χ1n) is 6.48. The summed E-state index contributed by atoms with van der Waals surface area (Å²) in [5, 5.41) is 0. The Labute approximate surface area is 108 Å². The normalized spacial score (nSPS) is 11.1. The lowest BCUT2D eigenvalue weighted by molar-refractivity contribution is 0.286. The molecule has 0 saturated carbocycles. The van der Waals surface area contributed by atoms with Gasteiger partial charge in [-0.1, -0.05) is 43.7 Å². The number of unbranched alkanes of at least 4 members (excludes halogenated alkanes) is 1. The molecule has 0 aliphatic carbocycles. The molecule has 18 heavy (non-hydrogen) atoms. The van der Waals surface area contributed by atoms with Crippen molar-refractivity contribution < 1.29 is 4.42 Å². The lowest BCUT2D eigenvalue weighted by atomic mass is 10.2. The third-order valence-electron chi connectivity index (χ3n) is 2.91. The highest BCUT2D eigenvalue weighted by molar-refractivity contribution is 5.55. The van der Waals surface area contributed by atoms with Gasteiger partial charge in [-0.15, -0.1) is 0 Å². The predicted octanol–water partition coefficient (Wildman–Crippen LogP) is 3.57. The van der Waals surface area contributed by atoms with Gasteiger partial charge in [0.05, 0.1) is 12.7 Å². The van der Waals surface area contributed by atoms with E-state index in [9.17, 15) is 0 Å². The summed E-state index contributed by atoms with van der Waals surface area (Å²) in [6.07, 6.45) is 4.23. The molecule has 0 spiro atoms. The molecule has 2 rings (SSSR count). The molecular weight excluding hydrogens is 224 g/mol. The van der Waals surface area contributed by atoms with Gasteiger partial charge in [-0.2, -0.15) is 0 Å². The Morgan fingerprint density at radius 2 is 2.00 bits per heavy atom. The molecule has 0 atom stereocenters. The van der Waals surface area contributed by atoms with Gasteiger partial charge in [0.15, 0.2) is 5.76 Å². The van der Waals surface area contributed by atoms with Crippen molar-refractivity contribution in [3.8, 4) is 11.3 Å². The fraction of sp³-hybridized carbons (Fsp3) is 0.400. The standard InChI is InChI=1S/C15H20N2O/c1-3-4-10-17(2)12-15-16-11-14(18-15)13-8-6-5-7-9-13/h5-9,11H,3-4,10,12H2,1-2H3. The predicted molar refractivity (Wildman–Crippen MR) is 73.2 cm³/mol. The Hall–Kier alpha value is -1.61. The molecule has 0 amide bonds.